The van der Waals surface area contributed by atoms with Gasteiger partial charge >= 0.3 is 6.18 Å². The van der Waals surface area contributed by atoms with Crippen molar-refractivity contribution in [3.63, 3.8) is 0 Å². The first-order valence-electron chi connectivity index (χ1n) is 10.9. The van der Waals surface area contributed by atoms with E-state index in [0.29, 0.717) is 13.2 Å². The molecule has 2 aliphatic heterocycles. The molecule has 1 atom stereocenters. The van der Waals surface area contributed by atoms with Crippen molar-refractivity contribution in [2.45, 2.75) is 55.9 Å². The van der Waals surface area contributed by atoms with Gasteiger partial charge in [-0.2, -0.15) is 13.2 Å². The van der Waals surface area contributed by atoms with E-state index in [1.54, 1.807) is 0 Å². The third-order valence-electron chi connectivity index (χ3n) is 6.09. The molecule has 4 rings (SSSR count). The molecule has 3 heterocycles. The molecule has 0 unspecified atom stereocenters. The Hall–Kier alpha value is -2.66. The van der Waals surface area contributed by atoms with Crippen LogP contribution >= 0.6 is 0 Å². The highest BCUT2D eigenvalue weighted by Crippen LogP contribution is 2.33. The number of benzene rings is 1. The Morgan fingerprint density at radius 1 is 1.18 bits per heavy atom. The van der Waals surface area contributed by atoms with Gasteiger partial charge in [0, 0.05) is 37.6 Å². The molecule has 34 heavy (non-hydrogen) atoms. The number of carbonyl (C=O) groups excluding carboxylic acids is 1. The third kappa shape index (κ3) is 5.20. The minimum Gasteiger partial charge on any atom is -0.480 e. The van der Waals surface area contributed by atoms with Crippen molar-refractivity contribution >= 4 is 15.7 Å². The lowest BCUT2D eigenvalue weighted by Crippen LogP contribution is -2.32. The van der Waals surface area contributed by atoms with Crippen LogP contribution in [0.5, 0.6) is 5.75 Å². The number of halogens is 3. The molecule has 2 aromatic rings. The standard InChI is InChI=1S/C23H25F3N2O5S/c1-14(23(24,25)26)33-21-6-4-17(34(2,30)31)11-18(21)22(29)28-12-16-3-5-19(27-20(16)13-28)15-7-9-32-10-8-15/h3-6,11,14-15H,7-10,12-13H2,1-2H3/t14-/m0/s1. The predicted octanol–water partition coefficient (Wildman–Crippen LogP) is 3.86. The Balaban J connectivity index is 1.61. The molecule has 7 nitrogen and oxygen atoms in total. The van der Waals surface area contributed by atoms with Gasteiger partial charge in [0.15, 0.2) is 15.9 Å². The van der Waals surface area contributed by atoms with E-state index in [1.165, 1.54) is 4.90 Å². The first kappa shape index (κ1) is 24.5. The molecule has 0 spiro atoms. The summed E-state index contributed by atoms with van der Waals surface area (Å²) in [4.78, 5) is 19.3. The summed E-state index contributed by atoms with van der Waals surface area (Å²) in [5.41, 5.74) is 2.26. The lowest BCUT2D eigenvalue weighted by Gasteiger charge is -2.22. The van der Waals surface area contributed by atoms with Crippen LogP contribution in [0.2, 0.25) is 0 Å². The van der Waals surface area contributed by atoms with E-state index in [1.807, 2.05) is 12.1 Å². The van der Waals surface area contributed by atoms with E-state index in [-0.39, 0.29) is 35.2 Å². The number of carbonyl (C=O) groups is 1. The van der Waals surface area contributed by atoms with E-state index in [4.69, 9.17) is 14.5 Å². The number of sulfone groups is 1. The highest BCUT2D eigenvalue weighted by molar-refractivity contribution is 7.90. The Morgan fingerprint density at radius 2 is 1.88 bits per heavy atom. The maximum atomic E-state index is 13.4. The van der Waals surface area contributed by atoms with Crippen molar-refractivity contribution in [2.75, 3.05) is 19.5 Å². The van der Waals surface area contributed by atoms with Gasteiger partial charge in [-0.25, -0.2) is 8.42 Å². The molecule has 1 fully saturated rings. The fourth-order valence-electron chi connectivity index (χ4n) is 4.07. The van der Waals surface area contributed by atoms with Crippen LogP contribution in [-0.4, -0.2) is 56.0 Å². The number of hydrogen-bond acceptors (Lipinski definition) is 6. The SMILES string of the molecule is C[C@H](Oc1ccc(S(C)(=O)=O)cc1C(=O)N1Cc2ccc(C3CCOCC3)nc2C1)C(F)(F)F. The second-order valence-electron chi connectivity index (χ2n) is 8.62. The Morgan fingerprint density at radius 3 is 2.53 bits per heavy atom. The molecule has 0 aliphatic carbocycles. The number of aromatic nitrogens is 1. The van der Waals surface area contributed by atoms with E-state index in [2.05, 4.69) is 0 Å². The number of amides is 1. The second kappa shape index (κ2) is 9.18. The molecule has 1 aromatic carbocycles. The summed E-state index contributed by atoms with van der Waals surface area (Å²) >= 11 is 0. The zero-order chi connectivity index (χ0) is 24.7. The molecule has 11 heteroatoms. The number of alkyl halides is 3. The van der Waals surface area contributed by atoms with Crippen LogP contribution in [0.25, 0.3) is 0 Å². The number of hydrogen-bond donors (Lipinski definition) is 0. The summed E-state index contributed by atoms with van der Waals surface area (Å²) in [5.74, 6) is -0.673. The van der Waals surface area contributed by atoms with Crippen LogP contribution in [0.3, 0.4) is 0 Å². The van der Waals surface area contributed by atoms with E-state index < -0.39 is 28.0 Å². The zero-order valence-electron chi connectivity index (χ0n) is 18.8. The lowest BCUT2D eigenvalue weighted by molar-refractivity contribution is -0.189. The smallest absolute Gasteiger partial charge is 0.425 e. The van der Waals surface area contributed by atoms with Gasteiger partial charge in [-0.15, -0.1) is 0 Å². The molecule has 0 N–H and O–H groups in total. The van der Waals surface area contributed by atoms with Crippen molar-refractivity contribution in [2.24, 2.45) is 0 Å². The molecule has 1 saturated heterocycles. The van der Waals surface area contributed by atoms with Crippen LogP contribution < -0.4 is 4.74 Å². The van der Waals surface area contributed by atoms with E-state index in [0.717, 1.165) is 61.2 Å². The number of nitrogens with zero attached hydrogens (tertiary/aromatic N) is 2. The minimum absolute atomic E-state index is 0.169. The molecule has 1 aromatic heterocycles. The third-order valence-corrected chi connectivity index (χ3v) is 7.20. The minimum atomic E-state index is -4.65. The molecule has 184 valence electrons. The topological polar surface area (TPSA) is 85.8 Å². The van der Waals surface area contributed by atoms with Gasteiger partial charge in [-0.3, -0.25) is 9.78 Å². The van der Waals surface area contributed by atoms with Gasteiger partial charge in [0.1, 0.15) is 5.75 Å². The van der Waals surface area contributed by atoms with Crippen LogP contribution in [0, 0.1) is 0 Å². The summed E-state index contributed by atoms with van der Waals surface area (Å²) in [6.45, 7) is 2.55. The van der Waals surface area contributed by atoms with Crippen LogP contribution in [0.1, 0.15) is 53.0 Å². The summed E-state index contributed by atoms with van der Waals surface area (Å²) in [6.07, 6.45) is -4.13. The fourth-order valence-corrected chi connectivity index (χ4v) is 4.72. The summed E-state index contributed by atoms with van der Waals surface area (Å²) < 4.78 is 73.7. The molecule has 1 amide bonds. The van der Waals surface area contributed by atoms with Crippen LogP contribution in [0.4, 0.5) is 13.2 Å². The van der Waals surface area contributed by atoms with Crippen LogP contribution in [-0.2, 0) is 27.7 Å². The second-order valence-corrected chi connectivity index (χ2v) is 10.6. The van der Waals surface area contributed by atoms with Crippen molar-refractivity contribution in [1.82, 2.24) is 9.88 Å². The Labute approximate surface area is 195 Å². The van der Waals surface area contributed by atoms with Gasteiger partial charge in [0.05, 0.1) is 22.7 Å². The molecular formula is C23H25F3N2O5S. The first-order chi connectivity index (χ1) is 15.9. The zero-order valence-corrected chi connectivity index (χ0v) is 19.6. The number of rotatable bonds is 5. The van der Waals surface area contributed by atoms with Gasteiger partial charge < -0.3 is 14.4 Å². The van der Waals surface area contributed by atoms with Gasteiger partial charge in [0.25, 0.3) is 5.91 Å². The van der Waals surface area contributed by atoms with Gasteiger partial charge in [-0.05, 0) is 49.6 Å². The van der Waals surface area contributed by atoms with Crippen molar-refractivity contribution < 1.29 is 35.9 Å². The summed E-state index contributed by atoms with van der Waals surface area (Å²) in [5, 5.41) is 0. The molecule has 2 aliphatic rings. The quantitative estimate of drug-likeness (QED) is 0.622. The van der Waals surface area contributed by atoms with E-state index >= 15 is 0 Å². The van der Waals surface area contributed by atoms with Crippen molar-refractivity contribution in [1.29, 1.82) is 0 Å². The Bertz CT molecular complexity index is 1190. The van der Waals surface area contributed by atoms with Crippen molar-refractivity contribution in [3.05, 3.63) is 52.8 Å². The summed E-state index contributed by atoms with van der Waals surface area (Å²) in [6, 6.07) is 7.14. The number of fused-ring (bicyclic) bond motifs is 1. The average Bonchev–Trinajstić information content (AvgIpc) is 3.21. The van der Waals surface area contributed by atoms with Crippen LogP contribution in [0.15, 0.2) is 35.2 Å². The lowest BCUT2D eigenvalue weighted by atomic mass is 9.95. The maximum absolute atomic E-state index is 13.4. The van der Waals surface area contributed by atoms with Crippen molar-refractivity contribution in [3.8, 4) is 5.75 Å². The Kier molecular flexibility index (Phi) is 6.61. The highest BCUT2D eigenvalue weighted by atomic mass is 32.2. The fraction of sp³-hybridized carbons (Fsp3) is 0.478. The van der Waals surface area contributed by atoms with E-state index in [9.17, 15) is 26.4 Å². The number of ether oxygens (including phenoxy) is 2. The summed E-state index contributed by atoms with van der Waals surface area (Å²) in [7, 11) is -3.70. The monoisotopic (exact) mass is 498 g/mol. The molecule has 0 bridgehead atoms. The van der Waals surface area contributed by atoms with Gasteiger partial charge in [-0.1, -0.05) is 6.07 Å². The predicted molar refractivity (Wildman–Crippen MR) is 116 cm³/mol. The largest absolute Gasteiger partial charge is 0.480 e. The highest BCUT2D eigenvalue weighted by Gasteiger charge is 2.39. The number of pyridine rings is 1. The molecular weight excluding hydrogens is 473 g/mol. The van der Waals surface area contributed by atoms with Gasteiger partial charge in [0.2, 0.25) is 0 Å². The average molecular weight is 499 g/mol. The molecule has 0 radical (unpaired) electrons. The molecule has 0 saturated carbocycles. The first-order valence-corrected chi connectivity index (χ1v) is 12.8. The maximum Gasteiger partial charge on any atom is 0.425 e. The normalized spacial score (nSPS) is 18.0.